The number of ether oxygens (including phenoxy) is 1. The van der Waals surface area contributed by atoms with Gasteiger partial charge in [0.05, 0.1) is 12.0 Å². The third kappa shape index (κ3) is 3.29. The van der Waals surface area contributed by atoms with Crippen LogP contribution in [0, 0.1) is 5.41 Å². The lowest BCUT2D eigenvalue weighted by atomic mass is 9.71. The van der Waals surface area contributed by atoms with Crippen LogP contribution < -0.4 is 5.73 Å². The van der Waals surface area contributed by atoms with E-state index in [0.29, 0.717) is 19.1 Å². The topological polar surface area (TPSA) is 52.3 Å². The molecule has 0 aliphatic heterocycles. The molecule has 0 heterocycles. The van der Waals surface area contributed by atoms with Crippen LogP contribution in [0.2, 0.25) is 0 Å². The zero-order valence-electron chi connectivity index (χ0n) is 13.2. The predicted molar refractivity (Wildman–Crippen MR) is 85.1 cm³/mol. The van der Waals surface area contributed by atoms with Crippen molar-refractivity contribution in [2.24, 2.45) is 11.1 Å². The van der Waals surface area contributed by atoms with E-state index in [-0.39, 0.29) is 5.97 Å². The first-order chi connectivity index (χ1) is 10.2. The van der Waals surface area contributed by atoms with E-state index in [1.807, 2.05) is 13.8 Å². The van der Waals surface area contributed by atoms with Gasteiger partial charge in [0.25, 0.3) is 0 Å². The van der Waals surface area contributed by atoms with Crippen LogP contribution in [0.1, 0.15) is 56.6 Å². The van der Waals surface area contributed by atoms with Crippen molar-refractivity contribution in [3.8, 4) is 0 Å². The van der Waals surface area contributed by atoms with Crippen LogP contribution in [0.15, 0.2) is 24.3 Å². The second-order valence-corrected chi connectivity index (χ2v) is 6.05. The van der Waals surface area contributed by atoms with E-state index in [0.717, 1.165) is 25.7 Å². The van der Waals surface area contributed by atoms with E-state index in [1.165, 1.54) is 17.5 Å². The Hall–Kier alpha value is -1.35. The number of carbonyl (C=O) groups is 1. The van der Waals surface area contributed by atoms with Gasteiger partial charge < -0.3 is 10.5 Å². The van der Waals surface area contributed by atoms with Gasteiger partial charge in [-0.25, -0.2) is 0 Å². The van der Waals surface area contributed by atoms with Gasteiger partial charge in [0.2, 0.25) is 0 Å². The summed E-state index contributed by atoms with van der Waals surface area (Å²) in [4.78, 5) is 12.4. The van der Waals surface area contributed by atoms with E-state index in [4.69, 9.17) is 10.5 Å². The molecule has 2 unspecified atom stereocenters. The lowest BCUT2D eigenvalue weighted by Gasteiger charge is -2.35. The fourth-order valence-corrected chi connectivity index (χ4v) is 3.51. The highest BCUT2D eigenvalue weighted by molar-refractivity contribution is 5.77. The minimum absolute atomic E-state index is 0.127. The number of rotatable bonds is 6. The van der Waals surface area contributed by atoms with Gasteiger partial charge in [-0.3, -0.25) is 4.79 Å². The minimum Gasteiger partial charge on any atom is -0.466 e. The van der Waals surface area contributed by atoms with Gasteiger partial charge >= 0.3 is 5.97 Å². The molecule has 21 heavy (non-hydrogen) atoms. The fraction of sp³-hybridized carbons (Fsp3) is 0.611. The summed E-state index contributed by atoms with van der Waals surface area (Å²) >= 11 is 0. The van der Waals surface area contributed by atoms with Crippen molar-refractivity contribution in [1.29, 1.82) is 0 Å². The Balaban J connectivity index is 2.24. The molecule has 0 saturated carbocycles. The monoisotopic (exact) mass is 289 g/mol. The van der Waals surface area contributed by atoms with Crippen LogP contribution in [-0.4, -0.2) is 19.1 Å². The number of nitrogens with two attached hydrogens (primary N) is 1. The summed E-state index contributed by atoms with van der Waals surface area (Å²) in [6.45, 7) is 4.67. The predicted octanol–water partition coefficient (Wildman–Crippen LogP) is 3.41. The molecule has 2 rings (SSSR count). The van der Waals surface area contributed by atoms with E-state index < -0.39 is 5.41 Å². The molecule has 1 aromatic carbocycles. The summed E-state index contributed by atoms with van der Waals surface area (Å²) < 4.78 is 5.30. The highest BCUT2D eigenvalue weighted by atomic mass is 16.5. The quantitative estimate of drug-likeness (QED) is 0.816. The van der Waals surface area contributed by atoms with Crippen molar-refractivity contribution in [3.63, 3.8) is 0 Å². The molecule has 0 spiro atoms. The molecule has 1 aliphatic rings. The Morgan fingerprint density at radius 3 is 2.81 bits per heavy atom. The van der Waals surface area contributed by atoms with Crippen molar-refractivity contribution in [1.82, 2.24) is 0 Å². The van der Waals surface area contributed by atoms with Crippen LogP contribution >= 0.6 is 0 Å². The molecule has 116 valence electrons. The van der Waals surface area contributed by atoms with Crippen molar-refractivity contribution in [3.05, 3.63) is 35.4 Å². The van der Waals surface area contributed by atoms with Crippen LogP contribution in [0.5, 0.6) is 0 Å². The van der Waals surface area contributed by atoms with E-state index in [1.54, 1.807) is 0 Å². The average Bonchev–Trinajstić information content (AvgIpc) is 2.53. The molecule has 0 amide bonds. The maximum atomic E-state index is 12.4. The molecule has 3 heteroatoms. The van der Waals surface area contributed by atoms with Gasteiger partial charge in [0, 0.05) is 6.54 Å². The van der Waals surface area contributed by atoms with E-state index in [2.05, 4.69) is 24.3 Å². The molecular formula is C18H27NO2. The zero-order chi connectivity index (χ0) is 15.3. The summed E-state index contributed by atoms with van der Waals surface area (Å²) in [6.07, 6.45) is 5.01. The van der Waals surface area contributed by atoms with Gasteiger partial charge in [-0.15, -0.1) is 0 Å². The maximum absolute atomic E-state index is 12.4. The Morgan fingerprint density at radius 1 is 1.38 bits per heavy atom. The van der Waals surface area contributed by atoms with Gasteiger partial charge in [-0.1, -0.05) is 31.2 Å². The van der Waals surface area contributed by atoms with Gasteiger partial charge in [-0.05, 0) is 56.1 Å². The number of fused-ring (bicyclic) bond motifs is 1. The Labute approximate surface area is 127 Å². The molecule has 2 atom stereocenters. The number of hydrogen-bond acceptors (Lipinski definition) is 3. The molecule has 3 nitrogen and oxygen atoms in total. The second kappa shape index (κ2) is 7.08. The van der Waals surface area contributed by atoms with Gasteiger partial charge in [0.1, 0.15) is 0 Å². The molecule has 1 aromatic rings. The molecule has 0 fully saturated rings. The van der Waals surface area contributed by atoms with Gasteiger partial charge in [-0.2, -0.15) is 0 Å². The third-order valence-corrected chi connectivity index (χ3v) is 4.91. The van der Waals surface area contributed by atoms with E-state index >= 15 is 0 Å². The third-order valence-electron chi connectivity index (χ3n) is 4.91. The highest BCUT2D eigenvalue weighted by Crippen LogP contribution is 2.41. The van der Waals surface area contributed by atoms with Crippen LogP contribution in [0.25, 0.3) is 0 Å². The molecule has 2 N–H and O–H groups in total. The lowest BCUT2D eigenvalue weighted by Crippen LogP contribution is -2.41. The largest absolute Gasteiger partial charge is 0.466 e. The zero-order valence-corrected chi connectivity index (χ0v) is 13.2. The van der Waals surface area contributed by atoms with Crippen molar-refractivity contribution < 1.29 is 9.53 Å². The van der Waals surface area contributed by atoms with Crippen LogP contribution in [0.3, 0.4) is 0 Å². The molecule has 0 saturated heterocycles. The smallest absolute Gasteiger partial charge is 0.313 e. The first-order valence-electron chi connectivity index (χ1n) is 8.12. The van der Waals surface area contributed by atoms with Crippen molar-refractivity contribution in [2.75, 3.05) is 13.2 Å². The van der Waals surface area contributed by atoms with E-state index in [9.17, 15) is 4.79 Å². The first-order valence-corrected chi connectivity index (χ1v) is 8.12. The number of carbonyl (C=O) groups excluding carboxylic acids is 1. The summed E-state index contributed by atoms with van der Waals surface area (Å²) in [5, 5.41) is 0. The molecule has 0 aromatic heterocycles. The molecule has 1 aliphatic carbocycles. The number of hydrogen-bond donors (Lipinski definition) is 1. The Morgan fingerprint density at radius 2 is 2.14 bits per heavy atom. The molecule has 0 bridgehead atoms. The first kappa shape index (κ1) is 16.0. The fourth-order valence-electron chi connectivity index (χ4n) is 3.51. The van der Waals surface area contributed by atoms with Crippen molar-refractivity contribution >= 4 is 5.97 Å². The molecule has 0 radical (unpaired) electrons. The Bertz CT molecular complexity index is 480. The number of esters is 1. The van der Waals surface area contributed by atoms with Gasteiger partial charge in [0.15, 0.2) is 0 Å². The summed E-state index contributed by atoms with van der Waals surface area (Å²) in [5.41, 5.74) is 8.28. The minimum atomic E-state index is -0.537. The highest BCUT2D eigenvalue weighted by Gasteiger charge is 2.40. The lowest BCUT2D eigenvalue weighted by molar-refractivity contribution is -0.156. The second-order valence-electron chi connectivity index (χ2n) is 6.05. The summed E-state index contributed by atoms with van der Waals surface area (Å²) in [7, 11) is 0. The summed E-state index contributed by atoms with van der Waals surface area (Å²) in [5.74, 6) is 0.293. The molecular weight excluding hydrogens is 262 g/mol. The Kier molecular flexibility index (Phi) is 5.40. The average molecular weight is 289 g/mol. The van der Waals surface area contributed by atoms with Crippen LogP contribution in [-0.2, 0) is 16.0 Å². The number of benzene rings is 1. The summed E-state index contributed by atoms with van der Waals surface area (Å²) in [6, 6.07) is 8.61. The SMILES string of the molecule is CCOC(=O)C(CC)(CN)CC1CCCc2ccccc21. The normalized spacial score (nSPS) is 20.4. The number of aryl methyl sites for hydroxylation is 1. The maximum Gasteiger partial charge on any atom is 0.313 e. The van der Waals surface area contributed by atoms with Crippen molar-refractivity contribution in [2.45, 2.75) is 51.9 Å². The van der Waals surface area contributed by atoms with Crippen LogP contribution in [0.4, 0.5) is 0 Å². The standard InChI is InChI=1S/C18H27NO2/c1-3-18(13-19,17(20)21-4-2)12-15-10-7-9-14-8-5-6-11-16(14)15/h5-6,8,11,15H,3-4,7,9-10,12-13,19H2,1-2H3.